The summed E-state index contributed by atoms with van der Waals surface area (Å²) in [4.78, 5) is 17.1. The molecule has 0 unspecified atom stereocenters. The van der Waals surface area contributed by atoms with E-state index in [4.69, 9.17) is 23.2 Å². The monoisotopic (exact) mass is 454 g/mol. The number of hydrogen-bond donors (Lipinski definition) is 1. The summed E-state index contributed by atoms with van der Waals surface area (Å²) in [7, 11) is 0. The van der Waals surface area contributed by atoms with Gasteiger partial charge in [-0.1, -0.05) is 29.3 Å². The van der Waals surface area contributed by atoms with Crippen molar-refractivity contribution in [2.45, 2.75) is 38.8 Å². The van der Waals surface area contributed by atoms with Crippen molar-refractivity contribution < 1.29 is 4.79 Å². The van der Waals surface area contributed by atoms with Crippen molar-refractivity contribution in [1.82, 2.24) is 24.5 Å². The zero-order chi connectivity index (χ0) is 21.5. The molecule has 31 heavy (non-hydrogen) atoms. The Labute approximate surface area is 189 Å². The molecule has 158 valence electrons. The van der Waals surface area contributed by atoms with Crippen molar-refractivity contribution in [3.05, 3.63) is 69.7 Å². The fourth-order valence-electron chi connectivity index (χ4n) is 3.83. The quantitative estimate of drug-likeness (QED) is 0.453. The van der Waals surface area contributed by atoms with Crippen LogP contribution in [0.4, 0.5) is 5.69 Å². The Morgan fingerprint density at radius 2 is 2.06 bits per heavy atom. The minimum Gasteiger partial charge on any atom is -0.322 e. The molecule has 7 nitrogen and oxygen atoms in total. The van der Waals surface area contributed by atoms with Crippen LogP contribution in [0.25, 0.3) is 11.0 Å². The second-order valence-corrected chi connectivity index (χ2v) is 8.65. The Kier molecular flexibility index (Phi) is 5.16. The SMILES string of the molecule is Cc1nn(CC(=O)Nc2cnn(Cc3ccc(Cl)c(Cl)c3)c2)c2nccc(C3CC3)c12. The lowest BCUT2D eigenvalue weighted by Gasteiger charge is -2.05. The third-order valence-corrected chi connectivity index (χ3v) is 6.14. The van der Waals surface area contributed by atoms with E-state index in [1.807, 2.05) is 13.0 Å². The van der Waals surface area contributed by atoms with E-state index in [0.29, 0.717) is 28.2 Å². The van der Waals surface area contributed by atoms with Crippen LogP contribution in [0.2, 0.25) is 10.0 Å². The summed E-state index contributed by atoms with van der Waals surface area (Å²) in [6.45, 7) is 2.57. The van der Waals surface area contributed by atoms with Crippen LogP contribution in [0.1, 0.15) is 35.6 Å². The highest BCUT2D eigenvalue weighted by Crippen LogP contribution is 2.43. The van der Waals surface area contributed by atoms with Gasteiger partial charge in [0.25, 0.3) is 0 Å². The molecule has 5 rings (SSSR count). The summed E-state index contributed by atoms with van der Waals surface area (Å²) in [5.74, 6) is 0.411. The smallest absolute Gasteiger partial charge is 0.246 e. The maximum Gasteiger partial charge on any atom is 0.246 e. The van der Waals surface area contributed by atoms with Gasteiger partial charge < -0.3 is 5.32 Å². The van der Waals surface area contributed by atoms with Crippen LogP contribution < -0.4 is 5.32 Å². The number of benzene rings is 1. The van der Waals surface area contributed by atoms with Gasteiger partial charge in [-0.2, -0.15) is 10.2 Å². The first-order valence-corrected chi connectivity index (χ1v) is 10.8. The first-order chi connectivity index (χ1) is 15.0. The Morgan fingerprint density at radius 3 is 2.84 bits per heavy atom. The Bertz CT molecular complexity index is 1290. The number of nitrogens with zero attached hydrogens (tertiary/aromatic N) is 5. The van der Waals surface area contributed by atoms with Gasteiger partial charge in [0.05, 0.1) is 34.2 Å². The average Bonchev–Trinajstić information content (AvgIpc) is 3.43. The first-order valence-electron chi connectivity index (χ1n) is 10.1. The minimum absolute atomic E-state index is 0.0867. The van der Waals surface area contributed by atoms with Crippen LogP contribution in [-0.2, 0) is 17.9 Å². The molecule has 1 fully saturated rings. The van der Waals surface area contributed by atoms with Crippen molar-refractivity contribution in [3.8, 4) is 0 Å². The fraction of sp³-hybridized carbons (Fsp3) is 0.273. The first kappa shape index (κ1) is 20.0. The number of amides is 1. The zero-order valence-corrected chi connectivity index (χ0v) is 18.4. The Morgan fingerprint density at radius 1 is 1.23 bits per heavy atom. The summed E-state index contributed by atoms with van der Waals surface area (Å²) >= 11 is 12.0. The standard InChI is InChI=1S/C22H20Cl2N6O/c1-13-21-17(15-3-4-15)6-7-25-22(21)30(28-13)12-20(31)27-16-9-26-29(11-16)10-14-2-5-18(23)19(24)8-14/h2,5-9,11,15H,3-4,10,12H2,1H3,(H,27,31). The average molecular weight is 455 g/mol. The number of carbonyl (C=O) groups is 1. The van der Waals surface area contributed by atoms with Gasteiger partial charge in [0.1, 0.15) is 6.54 Å². The molecule has 1 aliphatic carbocycles. The predicted octanol–water partition coefficient (Wildman–Crippen LogP) is 4.81. The number of aryl methyl sites for hydroxylation is 1. The van der Waals surface area contributed by atoms with Crippen molar-refractivity contribution in [3.63, 3.8) is 0 Å². The summed E-state index contributed by atoms with van der Waals surface area (Å²) in [5.41, 5.74) is 4.54. The van der Waals surface area contributed by atoms with E-state index in [1.54, 1.807) is 40.1 Å². The number of nitrogens with one attached hydrogen (secondary N) is 1. The molecular formula is C22H20Cl2N6O. The second-order valence-electron chi connectivity index (χ2n) is 7.84. The normalized spacial score (nSPS) is 13.6. The van der Waals surface area contributed by atoms with Crippen molar-refractivity contribution in [2.75, 3.05) is 5.32 Å². The molecule has 4 aromatic rings. The van der Waals surface area contributed by atoms with Gasteiger partial charge in [-0.15, -0.1) is 0 Å². The molecule has 1 amide bonds. The van der Waals surface area contributed by atoms with E-state index in [-0.39, 0.29) is 12.5 Å². The largest absolute Gasteiger partial charge is 0.322 e. The van der Waals surface area contributed by atoms with Crippen molar-refractivity contribution in [2.24, 2.45) is 0 Å². The highest BCUT2D eigenvalue weighted by atomic mass is 35.5. The van der Waals surface area contributed by atoms with Gasteiger partial charge in [0.15, 0.2) is 5.65 Å². The predicted molar refractivity (Wildman–Crippen MR) is 121 cm³/mol. The number of fused-ring (bicyclic) bond motifs is 1. The van der Waals surface area contributed by atoms with Gasteiger partial charge in [0, 0.05) is 17.8 Å². The molecule has 1 N–H and O–H groups in total. The highest BCUT2D eigenvalue weighted by molar-refractivity contribution is 6.42. The topological polar surface area (TPSA) is 77.6 Å². The Hall–Kier alpha value is -2.90. The fourth-order valence-corrected chi connectivity index (χ4v) is 4.15. The number of anilines is 1. The molecule has 0 aliphatic heterocycles. The van der Waals surface area contributed by atoms with E-state index in [0.717, 1.165) is 22.3 Å². The molecular weight excluding hydrogens is 435 g/mol. The molecule has 0 atom stereocenters. The molecule has 0 radical (unpaired) electrons. The van der Waals surface area contributed by atoms with Crippen molar-refractivity contribution in [1.29, 1.82) is 0 Å². The summed E-state index contributed by atoms with van der Waals surface area (Å²) in [6.07, 6.45) is 7.60. The van der Waals surface area contributed by atoms with Gasteiger partial charge in [0.2, 0.25) is 5.91 Å². The highest BCUT2D eigenvalue weighted by Gasteiger charge is 2.27. The maximum absolute atomic E-state index is 12.6. The molecule has 1 aromatic carbocycles. The van der Waals surface area contributed by atoms with Crippen molar-refractivity contribution >= 4 is 45.8 Å². The summed E-state index contributed by atoms with van der Waals surface area (Å²) in [5, 5.41) is 13.8. The maximum atomic E-state index is 12.6. The molecule has 0 spiro atoms. The number of carbonyl (C=O) groups excluding carboxylic acids is 1. The molecule has 9 heteroatoms. The van der Waals surface area contributed by atoms with Crippen LogP contribution in [0.5, 0.6) is 0 Å². The number of aromatic nitrogens is 5. The third-order valence-electron chi connectivity index (χ3n) is 5.40. The van der Waals surface area contributed by atoms with Crippen LogP contribution in [0.3, 0.4) is 0 Å². The minimum atomic E-state index is -0.183. The molecule has 3 aromatic heterocycles. The third kappa shape index (κ3) is 4.16. The van der Waals surface area contributed by atoms with E-state index >= 15 is 0 Å². The van der Waals surface area contributed by atoms with Crippen LogP contribution >= 0.6 is 23.2 Å². The van der Waals surface area contributed by atoms with Gasteiger partial charge in [-0.25, -0.2) is 9.67 Å². The van der Waals surface area contributed by atoms with Gasteiger partial charge >= 0.3 is 0 Å². The van der Waals surface area contributed by atoms with Crippen LogP contribution in [-0.4, -0.2) is 30.5 Å². The van der Waals surface area contributed by atoms with E-state index < -0.39 is 0 Å². The van der Waals surface area contributed by atoms with Crippen LogP contribution in [0, 0.1) is 6.92 Å². The second kappa shape index (κ2) is 7.98. The molecule has 3 heterocycles. The number of rotatable bonds is 6. The summed E-state index contributed by atoms with van der Waals surface area (Å²) < 4.78 is 3.40. The lowest BCUT2D eigenvalue weighted by atomic mass is 10.1. The number of pyridine rings is 1. The number of halogens is 2. The lowest BCUT2D eigenvalue weighted by molar-refractivity contribution is -0.116. The van der Waals surface area contributed by atoms with E-state index in [2.05, 4.69) is 26.6 Å². The molecule has 1 saturated carbocycles. The molecule has 1 aliphatic rings. The lowest BCUT2D eigenvalue weighted by Crippen LogP contribution is -2.19. The van der Waals surface area contributed by atoms with Gasteiger partial charge in [-0.05, 0) is 55.0 Å². The van der Waals surface area contributed by atoms with E-state index in [9.17, 15) is 4.79 Å². The zero-order valence-electron chi connectivity index (χ0n) is 16.8. The van der Waals surface area contributed by atoms with E-state index in [1.165, 1.54) is 18.4 Å². The Balaban J connectivity index is 1.28. The number of hydrogen-bond acceptors (Lipinski definition) is 4. The van der Waals surface area contributed by atoms with Crippen LogP contribution in [0.15, 0.2) is 42.9 Å². The molecule has 0 saturated heterocycles. The van der Waals surface area contributed by atoms with Gasteiger partial charge in [-0.3, -0.25) is 9.48 Å². The molecule has 0 bridgehead atoms. The summed E-state index contributed by atoms with van der Waals surface area (Å²) in [6, 6.07) is 7.52.